The molecule has 1 aromatic heterocycles. The van der Waals surface area contributed by atoms with E-state index in [-0.39, 0.29) is 6.04 Å². The van der Waals surface area contributed by atoms with Crippen LogP contribution >= 0.6 is 0 Å². The van der Waals surface area contributed by atoms with Gasteiger partial charge in [0.1, 0.15) is 0 Å². The van der Waals surface area contributed by atoms with E-state index in [0.29, 0.717) is 0 Å². The van der Waals surface area contributed by atoms with Crippen molar-refractivity contribution in [3.05, 3.63) is 35.7 Å². The molecule has 0 bridgehead atoms. The van der Waals surface area contributed by atoms with E-state index < -0.39 is 0 Å². The first-order chi connectivity index (χ1) is 6.27. The van der Waals surface area contributed by atoms with Crippen molar-refractivity contribution in [2.24, 2.45) is 5.73 Å². The zero-order chi connectivity index (χ0) is 9.26. The van der Waals surface area contributed by atoms with Crippen molar-refractivity contribution in [3.63, 3.8) is 0 Å². The van der Waals surface area contributed by atoms with Gasteiger partial charge in [-0.25, -0.2) is 0 Å². The van der Waals surface area contributed by atoms with Crippen LogP contribution in [0.4, 0.5) is 0 Å². The minimum Gasteiger partial charge on any atom is -0.324 e. The molecule has 0 amide bonds. The molecule has 13 heavy (non-hydrogen) atoms. The van der Waals surface area contributed by atoms with Crippen molar-refractivity contribution in [1.29, 1.82) is 0 Å². The maximum absolute atomic E-state index is 5.82. The molecule has 68 valence electrons. The van der Waals surface area contributed by atoms with Gasteiger partial charge in [0.2, 0.25) is 0 Å². The molecule has 0 saturated heterocycles. The third-order valence-corrected chi connectivity index (χ3v) is 2.55. The molecule has 1 heterocycles. The summed E-state index contributed by atoms with van der Waals surface area (Å²) in [6.07, 6.45) is 8.08. The summed E-state index contributed by atoms with van der Waals surface area (Å²) in [4.78, 5) is 4.13. The molecule has 0 aliphatic heterocycles. The second-order valence-electron chi connectivity index (χ2n) is 3.59. The van der Waals surface area contributed by atoms with Crippen LogP contribution in [0.25, 0.3) is 5.57 Å². The number of nitrogens with zero attached hydrogens (tertiary/aromatic N) is 1. The van der Waals surface area contributed by atoms with Crippen molar-refractivity contribution >= 4 is 5.57 Å². The summed E-state index contributed by atoms with van der Waals surface area (Å²) in [6, 6.07) is 2.29. The number of allylic oxidation sites excluding steroid dienone is 1. The molecule has 1 aromatic rings. The Kier molecular flexibility index (Phi) is 2.15. The summed E-state index contributed by atoms with van der Waals surface area (Å²) in [5.74, 6) is 0. The number of aromatic nitrogens is 1. The molecule has 0 aromatic carbocycles. The Hall–Kier alpha value is -1.15. The van der Waals surface area contributed by atoms with Crippen molar-refractivity contribution in [1.82, 2.24) is 4.98 Å². The highest BCUT2D eigenvalue weighted by Crippen LogP contribution is 2.28. The molecule has 0 spiro atoms. The molecular weight excluding hydrogens is 160 g/mol. The molecule has 0 saturated carbocycles. The number of rotatable bonds is 1. The predicted molar refractivity (Wildman–Crippen MR) is 54.2 cm³/mol. The largest absolute Gasteiger partial charge is 0.324 e. The Balaban J connectivity index is 2.36. The minimum absolute atomic E-state index is 0.245. The fraction of sp³-hybridized carbons (Fsp3) is 0.364. The van der Waals surface area contributed by atoms with Crippen LogP contribution in [0.1, 0.15) is 24.0 Å². The highest BCUT2D eigenvalue weighted by atomic mass is 14.6. The molecule has 2 N–H and O–H groups in total. The molecule has 2 heteroatoms. The number of hydrogen-bond donors (Lipinski definition) is 1. The van der Waals surface area contributed by atoms with Gasteiger partial charge in [-0.1, -0.05) is 6.08 Å². The molecule has 1 aliphatic carbocycles. The van der Waals surface area contributed by atoms with Gasteiger partial charge < -0.3 is 5.73 Å². The average molecular weight is 174 g/mol. The number of nitrogens with two attached hydrogens (primary N) is 1. The van der Waals surface area contributed by atoms with Gasteiger partial charge >= 0.3 is 0 Å². The first-order valence-corrected chi connectivity index (χ1v) is 4.64. The summed E-state index contributed by atoms with van der Waals surface area (Å²) in [5.41, 5.74) is 9.72. The van der Waals surface area contributed by atoms with Gasteiger partial charge in [0.25, 0.3) is 0 Å². The van der Waals surface area contributed by atoms with Gasteiger partial charge in [0.05, 0.1) is 0 Å². The Bertz CT molecular complexity index is 342. The number of hydrogen-bond acceptors (Lipinski definition) is 2. The molecular formula is C11H14N2. The van der Waals surface area contributed by atoms with E-state index >= 15 is 0 Å². The van der Waals surface area contributed by atoms with Crippen LogP contribution in [-0.2, 0) is 0 Å². The fourth-order valence-electron chi connectivity index (χ4n) is 1.77. The van der Waals surface area contributed by atoms with Crippen molar-refractivity contribution < 1.29 is 0 Å². The predicted octanol–water partition coefficient (Wildman–Crippen LogP) is 1.89. The van der Waals surface area contributed by atoms with E-state index in [4.69, 9.17) is 5.73 Å². The highest BCUT2D eigenvalue weighted by molar-refractivity contribution is 5.69. The topological polar surface area (TPSA) is 38.9 Å². The van der Waals surface area contributed by atoms with E-state index in [0.717, 1.165) is 12.8 Å². The summed E-state index contributed by atoms with van der Waals surface area (Å²) < 4.78 is 0. The average Bonchev–Trinajstić information content (AvgIpc) is 2.53. The number of pyridine rings is 1. The smallest absolute Gasteiger partial charge is 0.0345 e. The van der Waals surface area contributed by atoms with Crippen LogP contribution in [0.5, 0.6) is 0 Å². The van der Waals surface area contributed by atoms with E-state index in [2.05, 4.69) is 18.0 Å². The SMILES string of the molecule is Cc1ccncc1C1=CC(N)CC1. The monoisotopic (exact) mass is 174 g/mol. The lowest BCUT2D eigenvalue weighted by atomic mass is 10.0. The third kappa shape index (κ3) is 1.63. The second kappa shape index (κ2) is 3.30. The zero-order valence-corrected chi connectivity index (χ0v) is 7.83. The second-order valence-corrected chi connectivity index (χ2v) is 3.59. The fourth-order valence-corrected chi connectivity index (χ4v) is 1.77. The lowest BCUT2D eigenvalue weighted by Crippen LogP contribution is -2.11. The maximum Gasteiger partial charge on any atom is 0.0345 e. The Morgan fingerprint density at radius 1 is 1.54 bits per heavy atom. The Labute approximate surface area is 78.5 Å². The molecule has 0 fully saturated rings. The molecule has 2 rings (SSSR count). The first-order valence-electron chi connectivity index (χ1n) is 4.64. The van der Waals surface area contributed by atoms with Crippen LogP contribution in [-0.4, -0.2) is 11.0 Å². The molecule has 1 unspecified atom stereocenters. The van der Waals surface area contributed by atoms with Crippen molar-refractivity contribution in [2.45, 2.75) is 25.8 Å². The third-order valence-electron chi connectivity index (χ3n) is 2.55. The Morgan fingerprint density at radius 3 is 3.00 bits per heavy atom. The lowest BCUT2D eigenvalue weighted by Gasteiger charge is -2.04. The number of aryl methyl sites for hydroxylation is 1. The minimum atomic E-state index is 0.245. The zero-order valence-electron chi connectivity index (χ0n) is 7.83. The molecule has 1 atom stereocenters. The van der Waals surface area contributed by atoms with Gasteiger partial charge in [-0.2, -0.15) is 0 Å². The van der Waals surface area contributed by atoms with Crippen LogP contribution in [0.2, 0.25) is 0 Å². The van der Waals surface area contributed by atoms with E-state index in [9.17, 15) is 0 Å². The van der Waals surface area contributed by atoms with E-state index in [1.807, 2.05) is 18.5 Å². The molecule has 1 aliphatic rings. The van der Waals surface area contributed by atoms with Crippen molar-refractivity contribution in [2.75, 3.05) is 0 Å². The van der Waals surface area contributed by atoms with Crippen LogP contribution in [0, 0.1) is 6.92 Å². The van der Waals surface area contributed by atoms with E-state index in [1.54, 1.807) is 0 Å². The summed E-state index contributed by atoms with van der Waals surface area (Å²) in [7, 11) is 0. The standard InChI is InChI=1S/C11H14N2/c1-8-4-5-13-7-11(8)9-2-3-10(12)6-9/h4-7,10H,2-3,12H2,1H3. The van der Waals surface area contributed by atoms with Gasteiger partial charge in [-0.15, -0.1) is 0 Å². The van der Waals surface area contributed by atoms with Gasteiger partial charge in [0, 0.05) is 18.4 Å². The molecule has 0 radical (unpaired) electrons. The quantitative estimate of drug-likeness (QED) is 0.706. The van der Waals surface area contributed by atoms with Gasteiger partial charge in [0.15, 0.2) is 0 Å². The van der Waals surface area contributed by atoms with E-state index in [1.165, 1.54) is 16.7 Å². The van der Waals surface area contributed by atoms with Crippen LogP contribution in [0.3, 0.4) is 0 Å². The lowest BCUT2D eigenvalue weighted by molar-refractivity contribution is 0.782. The first kappa shape index (κ1) is 8.45. The van der Waals surface area contributed by atoms with Gasteiger partial charge in [-0.3, -0.25) is 4.98 Å². The summed E-state index contributed by atoms with van der Waals surface area (Å²) >= 11 is 0. The van der Waals surface area contributed by atoms with Crippen LogP contribution in [0.15, 0.2) is 24.5 Å². The Morgan fingerprint density at radius 2 is 2.38 bits per heavy atom. The highest BCUT2D eigenvalue weighted by Gasteiger charge is 2.14. The van der Waals surface area contributed by atoms with Gasteiger partial charge in [-0.05, 0) is 42.5 Å². The normalized spacial score (nSPS) is 21.7. The summed E-state index contributed by atoms with van der Waals surface area (Å²) in [5, 5.41) is 0. The van der Waals surface area contributed by atoms with Crippen molar-refractivity contribution in [3.8, 4) is 0 Å². The van der Waals surface area contributed by atoms with Crippen LogP contribution < -0.4 is 5.73 Å². The summed E-state index contributed by atoms with van der Waals surface area (Å²) in [6.45, 7) is 2.11. The molecule has 2 nitrogen and oxygen atoms in total. The maximum atomic E-state index is 5.82.